The Bertz CT molecular complexity index is 408. The van der Waals surface area contributed by atoms with Crippen LogP contribution in [0.25, 0.3) is 0 Å². The minimum Gasteiger partial charge on any atom is -0.339 e. The molecular weight excluding hydrogens is 292 g/mol. The first-order valence-electron chi connectivity index (χ1n) is 6.29. The number of piperidine rings is 1. The highest BCUT2D eigenvalue weighted by Gasteiger charge is 2.24. The highest BCUT2D eigenvalue weighted by Crippen LogP contribution is 2.18. The van der Waals surface area contributed by atoms with E-state index in [0.717, 1.165) is 36.0 Å². The molecule has 1 aliphatic heterocycles. The molecule has 0 saturated carbocycles. The molecule has 0 bridgehead atoms. The fourth-order valence-electron chi connectivity index (χ4n) is 2.36. The summed E-state index contributed by atoms with van der Waals surface area (Å²) in [5.74, 6) is 0.153. The average molecular weight is 311 g/mol. The number of likely N-dealkylation sites (tertiary alicyclic amines) is 1. The first-order valence-corrected chi connectivity index (χ1v) is 7.08. The van der Waals surface area contributed by atoms with Gasteiger partial charge in [-0.05, 0) is 51.2 Å². The summed E-state index contributed by atoms with van der Waals surface area (Å²) in [4.78, 5) is 16.5. The minimum atomic E-state index is 0.153. The Morgan fingerprint density at radius 1 is 1.22 bits per heavy atom. The number of nitrogens with zero attached hydrogens (tertiary/aromatic N) is 2. The fourth-order valence-corrected chi connectivity index (χ4v) is 2.62. The molecule has 4 heteroatoms. The lowest BCUT2D eigenvalue weighted by Crippen LogP contribution is -2.44. The summed E-state index contributed by atoms with van der Waals surface area (Å²) >= 11 is 3.38. The number of rotatable bonds is 2. The summed E-state index contributed by atoms with van der Waals surface area (Å²) < 4.78 is 1.00. The van der Waals surface area contributed by atoms with Crippen LogP contribution in [0.4, 0.5) is 0 Å². The molecule has 0 aromatic heterocycles. The van der Waals surface area contributed by atoms with Gasteiger partial charge in [-0.2, -0.15) is 0 Å². The van der Waals surface area contributed by atoms with Gasteiger partial charge in [0.1, 0.15) is 0 Å². The third kappa shape index (κ3) is 3.12. The maximum absolute atomic E-state index is 12.3. The van der Waals surface area contributed by atoms with Gasteiger partial charge in [0.2, 0.25) is 0 Å². The van der Waals surface area contributed by atoms with Crippen molar-refractivity contribution < 1.29 is 4.79 Å². The number of carbonyl (C=O) groups is 1. The van der Waals surface area contributed by atoms with Gasteiger partial charge in [0, 0.05) is 29.2 Å². The Kier molecular flexibility index (Phi) is 4.40. The quantitative estimate of drug-likeness (QED) is 0.838. The van der Waals surface area contributed by atoms with Gasteiger partial charge in [0.15, 0.2) is 0 Å². The smallest absolute Gasteiger partial charge is 0.253 e. The van der Waals surface area contributed by atoms with Crippen molar-refractivity contribution in [2.24, 2.45) is 0 Å². The summed E-state index contributed by atoms with van der Waals surface area (Å²) in [6.45, 7) is 1.72. The van der Waals surface area contributed by atoms with E-state index in [-0.39, 0.29) is 5.91 Å². The maximum atomic E-state index is 12.3. The molecule has 18 heavy (non-hydrogen) atoms. The summed E-state index contributed by atoms with van der Waals surface area (Å²) in [6.07, 6.45) is 2.13. The van der Waals surface area contributed by atoms with Crippen molar-refractivity contribution in [3.8, 4) is 0 Å². The molecule has 1 saturated heterocycles. The Labute approximate surface area is 117 Å². The molecule has 1 amide bonds. The Balaban J connectivity index is 1.97. The topological polar surface area (TPSA) is 23.6 Å². The van der Waals surface area contributed by atoms with Crippen LogP contribution in [0.2, 0.25) is 0 Å². The summed E-state index contributed by atoms with van der Waals surface area (Å²) in [7, 11) is 4.22. The van der Waals surface area contributed by atoms with E-state index in [0.29, 0.717) is 6.04 Å². The van der Waals surface area contributed by atoms with Crippen LogP contribution in [0.15, 0.2) is 28.7 Å². The lowest BCUT2D eigenvalue weighted by Gasteiger charge is -2.35. The fraction of sp³-hybridized carbons (Fsp3) is 0.500. The molecule has 0 atom stereocenters. The predicted octanol–water partition coefficient (Wildman–Crippen LogP) is 2.62. The van der Waals surface area contributed by atoms with Gasteiger partial charge in [0.25, 0.3) is 5.91 Å². The molecule has 3 nitrogen and oxygen atoms in total. The molecule has 1 aliphatic rings. The van der Waals surface area contributed by atoms with Crippen molar-refractivity contribution in [3.05, 3.63) is 34.3 Å². The highest BCUT2D eigenvalue weighted by molar-refractivity contribution is 9.10. The molecule has 0 unspecified atom stereocenters. The third-order valence-electron chi connectivity index (χ3n) is 3.57. The van der Waals surface area contributed by atoms with Crippen molar-refractivity contribution in [1.29, 1.82) is 0 Å². The first kappa shape index (κ1) is 13.6. The number of carbonyl (C=O) groups excluding carboxylic acids is 1. The van der Waals surface area contributed by atoms with E-state index >= 15 is 0 Å². The molecule has 2 rings (SSSR count). The molecule has 98 valence electrons. The molecule has 1 heterocycles. The standard InChI is InChI=1S/C14H19BrN2O/c1-16(2)13-7-9-17(10-8-13)14(18)11-3-5-12(15)6-4-11/h3-6,13H,7-10H2,1-2H3. The van der Waals surface area contributed by atoms with Crippen LogP contribution in [-0.2, 0) is 0 Å². The summed E-state index contributed by atoms with van der Waals surface area (Å²) in [6, 6.07) is 8.20. The van der Waals surface area contributed by atoms with Crippen LogP contribution in [-0.4, -0.2) is 48.9 Å². The number of benzene rings is 1. The Morgan fingerprint density at radius 2 is 1.78 bits per heavy atom. The molecule has 1 aromatic rings. The Morgan fingerprint density at radius 3 is 2.28 bits per heavy atom. The second-order valence-electron chi connectivity index (χ2n) is 4.99. The van der Waals surface area contributed by atoms with Gasteiger partial charge < -0.3 is 9.80 Å². The SMILES string of the molecule is CN(C)C1CCN(C(=O)c2ccc(Br)cc2)CC1. The van der Waals surface area contributed by atoms with E-state index in [1.807, 2.05) is 29.2 Å². The maximum Gasteiger partial charge on any atom is 0.253 e. The summed E-state index contributed by atoms with van der Waals surface area (Å²) in [5.41, 5.74) is 0.779. The zero-order valence-corrected chi connectivity index (χ0v) is 12.5. The second kappa shape index (κ2) is 5.85. The van der Waals surface area contributed by atoms with Crippen LogP contribution in [0.5, 0.6) is 0 Å². The normalized spacial score (nSPS) is 17.2. The van der Waals surface area contributed by atoms with Crippen LogP contribution < -0.4 is 0 Å². The van der Waals surface area contributed by atoms with E-state index in [1.54, 1.807) is 0 Å². The van der Waals surface area contributed by atoms with Gasteiger partial charge in [-0.3, -0.25) is 4.79 Å². The van der Waals surface area contributed by atoms with Crippen LogP contribution in [0.1, 0.15) is 23.2 Å². The van der Waals surface area contributed by atoms with Gasteiger partial charge in [-0.1, -0.05) is 15.9 Å². The number of halogens is 1. The van der Waals surface area contributed by atoms with Crippen molar-refractivity contribution in [3.63, 3.8) is 0 Å². The first-order chi connectivity index (χ1) is 8.58. The molecule has 0 radical (unpaired) electrons. The molecule has 1 aromatic carbocycles. The average Bonchev–Trinajstić information content (AvgIpc) is 2.39. The van der Waals surface area contributed by atoms with Crippen molar-refractivity contribution in [1.82, 2.24) is 9.80 Å². The summed E-state index contributed by atoms with van der Waals surface area (Å²) in [5, 5.41) is 0. The van der Waals surface area contributed by atoms with Crippen LogP contribution in [0.3, 0.4) is 0 Å². The van der Waals surface area contributed by atoms with E-state index < -0.39 is 0 Å². The molecule has 0 spiro atoms. The lowest BCUT2D eigenvalue weighted by molar-refractivity contribution is 0.0663. The van der Waals surface area contributed by atoms with Crippen LogP contribution in [0, 0.1) is 0 Å². The second-order valence-corrected chi connectivity index (χ2v) is 5.91. The lowest BCUT2D eigenvalue weighted by atomic mass is 10.0. The van der Waals surface area contributed by atoms with Crippen LogP contribution >= 0.6 is 15.9 Å². The van der Waals surface area contributed by atoms with E-state index in [9.17, 15) is 4.79 Å². The molecule has 0 aliphatic carbocycles. The minimum absolute atomic E-state index is 0.153. The van der Waals surface area contributed by atoms with Crippen molar-refractivity contribution in [2.75, 3.05) is 27.2 Å². The monoisotopic (exact) mass is 310 g/mol. The molecule has 0 N–H and O–H groups in total. The van der Waals surface area contributed by atoms with Gasteiger partial charge >= 0.3 is 0 Å². The van der Waals surface area contributed by atoms with E-state index in [4.69, 9.17) is 0 Å². The largest absolute Gasteiger partial charge is 0.339 e. The van der Waals surface area contributed by atoms with E-state index in [2.05, 4.69) is 34.9 Å². The van der Waals surface area contributed by atoms with E-state index in [1.165, 1.54) is 0 Å². The highest BCUT2D eigenvalue weighted by atomic mass is 79.9. The zero-order chi connectivity index (χ0) is 13.1. The molecular formula is C14H19BrN2O. The molecule has 1 fully saturated rings. The zero-order valence-electron chi connectivity index (χ0n) is 10.9. The van der Waals surface area contributed by atoms with Crippen molar-refractivity contribution >= 4 is 21.8 Å². The van der Waals surface area contributed by atoms with Gasteiger partial charge in [-0.15, -0.1) is 0 Å². The Hall–Kier alpha value is -0.870. The van der Waals surface area contributed by atoms with Gasteiger partial charge in [0.05, 0.1) is 0 Å². The third-order valence-corrected chi connectivity index (χ3v) is 4.10. The number of hydrogen-bond donors (Lipinski definition) is 0. The van der Waals surface area contributed by atoms with Crippen molar-refractivity contribution in [2.45, 2.75) is 18.9 Å². The predicted molar refractivity (Wildman–Crippen MR) is 76.8 cm³/mol. The number of amides is 1. The van der Waals surface area contributed by atoms with Gasteiger partial charge in [-0.25, -0.2) is 0 Å². The number of hydrogen-bond acceptors (Lipinski definition) is 2.